The molecular formula is C13H16N2O3. The van der Waals surface area contributed by atoms with E-state index in [-0.39, 0.29) is 6.61 Å². The molecule has 0 saturated carbocycles. The molecule has 0 bridgehead atoms. The van der Waals surface area contributed by atoms with Gasteiger partial charge in [-0.25, -0.2) is 0 Å². The molecule has 1 aromatic carbocycles. The molecule has 18 heavy (non-hydrogen) atoms. The number of aryl methyl sites for hydroxylation is 1. The summed E-state index contributed by atoms with van der Waals surface area (Å²) >= 11 is 0. The molecule has 0 spiro atoms. The first-order valence-electron chi connectivity index (χ1n) is 5.89. The van der Waals surface area contributed by atoms with Gasteiger partial charge in [0.1, 0.15) is 5.75 Å². The molecule has 0 aliphatic heterocycles. The van der Waals surface area contributed by atoms with Crippen molar-refractivity contribution in [1.82, 2.24) is 10.2 Å². The van der Waals surface area contributed by atoms with Crippen LogP contribution in [0.3, 0.4) is 0 Å². The van der Waals surface area contributed by atoms with Gasteiger partial charge in [-0.2, -0.15) is 0 Å². The minimum atomic E-state index is -0.523. The third-order valence-corrected chi connectivity index (χ3v) is 2.58. The van der Waals surface area contributed by atoms with Gasteiger partial charge >= 0.3 is 0 Å². The molecule has 0 saturated heterocycles. The predicted octanol–water partition coefficient (Wildman–Crippen LogP) is 2.40. The van der Waals surface area contributed by atoms with E-state index in [1.807, 2.05) is 31.2 Å². The summed E-state index contributed by atoms with van der Waals surface area (Å²) in [5.41, 5.74) is 0.774. The van der Waals surface area contributed by atoms with Crippen molar-refractivity contribution in [2.24, 2.45) is 0 Å². The number of nitrogens with zero attached hydrogens (tertiary/aromatic N) is 2. The standard InChI is InChI=1S/C13H16N2O3/c1-3-11(16)10-6-4-5-7-12(10)17-8-13-15-14-9(2)18-13/h4-7,11,16H,3,8H2,1-2H3/t11-/m0/s1. The Hall–Kier alpha value is -1.88. The zero-order valence-corrected chi connectivity index (χ0v) is 10.5. The van der Waals surface area contributed by atoms with Crippen LogP contribution in [0.5, 0.6) is 5.75 Å². The highest BCUT2D eigenvalue weighted by Gasteiger charge is 2.12. The van der Waals surface area contributed by atoms with E-state index in [0.29, 0.717) is 24.0 Å². The maximum atomic E-state index is 9.88. The summed E-state index contributed by atoms with van der Waals surface area (Å²) in [5.74, 6) is 1.58. The lowest BCUT2D eigenvalue weighted by molar-refractivity contribution is 0.164. The van der Waals surface area contributed by atoms with Crippen molar-refractivity contribution in [3.8, 4) is 5.75 Å². The Labute approximate surface area is 105 Å². The van der Waals surface area contributed by atoms with E-state index >= 15 is 0 Å². The van der Waals surface area contributed by atoms with Gasteiger partial charge in [0.15, 0.2) is 6.61 Å². The quantitative estimate of drug-likeness (QED) is 0.879. The molecule has 0 fully saturated rings. The minimum Gasteiger partial charge on any atom is -0.483 e. The number of para-hydroxylation sites is 1. The highest BCUT2D eigenvalue weighted by molar-refractivity contribution is 5.34. The van der Waals surface area contributed by atoms with Crippen LogP contribution in [0.25, 0.3) is 0 Å². The molecule has 2 rings (SSSR count). The van der Waals surface area contributed by atoms with Gasteiger partial charge in [0.25, 0.3) is 5.89 Å². The fourth-order valence-electron chi connectivity index (χ4n) is 1.64. The van der Waals surface area contributed by atoms with Gasteiger partial charge in [-0.15, -0.1) is 10.2 Å². The first-order valence-corrected chi connectivity index (χ1v) is 5.89. The van der Waals surface area contributed by atoms with E-state index in [1.165, 1.54) is 0 Å². The maximum Gasteiger partial charge on any atom is 0.253 e. The largest absolute Gasteiger partial charge is 0.483 e. The van der Waals surface area contributed by atoms with Crippen LogP contribution in [-0.2, 0) is 6.61 Å². The van der Waals surface area contributed by atoms with Gasteiger partial charge in [-0.1, -0.05) is 25.1 Å². The third kappa shape index (κ3) is 2.87. The molecule has 1 atom stereocenters. The number of hydrogen-bond acceptors (Lipinski definition) is 5. The average molecular weight is 248 g/mol. The Bertz CT molecular complexity index is 510. The van der Waals surface area contributed by atoms with Crippen molar-refractivity contribution < 1.29 is 14.3 Å². The Morgan fingerprint density at radius 1 is 1.33 bits per heavy atom. The Balaban J connectivity index is 2.09. The topological polar surface area (TPSA) is 68.4 Å². The number of hydrogen-bond donors (Lipinski definition) is 1. The summed E-state index contributed by atoms with van der Waals surface area (Å²) in [6.07, 6.45) is 0.116. The molecule has 0 amide bonds. The van der Waals surface area contributed by atoms with Crippen LogP contribution >= 0.6 is 0 Å². The molecule has 1 aromatic heterocycles. The molecule has 5 heteroatoms. The number of aliphatic hydroxyl groups is 1. The van der Waals surface area contributed by atoms with Gasteiger partial charge in [-0.05, 0) is 12.5 Å². The van der Waals surface area contributed by atoms with Gasteiger partial charge in [0, 0.05) is 12.5 Å². The Morgan fingerprint density at radius 2 is 2.11 bits per heavy atom. The van der Waals surface area contributed by atoms with Crippen molar-refractivity contribution in [2.75, 3.05) is 0 Å². The van der Waals surface area contributed by atoms with Crippen molar-refractivity contribution >= 4 is 0 Å². The van der Waals surface area contributed by atoms with Gasteiger partial charge in [0.2, 0.25) is 5.89 Å². The fourth-order valence-corrected chi connectivity index (χ4v) is 1.64. The Morgan fingerprint density at radius 3 is 2.78 bits per heavy atom. The molecule has 0 unspecified atom stereocenters. The monoisotopic (exact) mass is 248 g/mol. The second-order valence-electron chi connectivity index (χ2n) is 3.97. The molecule has 96 valence electrons. The summed E-state index contributed by atoms with van der Waals surface area (Å²) in [4.78, 5) is 0. The van der Waals surface area contributed by atoms with Gasteiger partial charge in [0.05, 0.1) is 6.10 Å². The molecule has 2 aromatic rings. The van der Waals surface area contributed by atoms with E-state index in [2.05, 4.69) is 10.2 Å². The van der Waals surface area contributed by atoms with E-state index in [1.54, 1.807) is 6.92 Å². The van der Waals surface area contributed by atoms with Gasteiger partial charge in [-0.3, -0.25) is 0 Å². The highest BCUT2D eigenvalue weighted by Crippen LogP contribution is 2.27. The number of aromatic nitrogens is 2. The SMILES string of the molecule is CC[C@H](O)c1ccccc1OCc1nnc(C)o1. The summed E-state index contributed by atoms with van der Waals surface area (Å²) in [6, 6.07) is 7.40. The number of aliphatic hydroxyl groups excluding tert-OH is 1. The molecular weight excluding hydrogens is 232 g/mol. The lowest BCUT2D eigenvalue weighted by Gasteiger charge is -2.13. The zero-order chi connectivity index (χ0) is 13.0. The first kappa shape index (κ1) is 12.6. The van der Waals surface area contributed by atoms with Crippen LogP contribution in [0.2, 0.25) is 0 Å². The second-order valence-corrected chi connectivity index (χ2v) is 3.97. The number of ether oxygens (including phenoxy) is 1. The van der Waals surface area contributed by atoms with E-state index < -0.39 is 6.10 Å². The van der Waals surface area contributed by atoms with Crippen LogP contribution in [0, 0.1) is 6.92 Å². The van der Waals surface area contributed by atoms with Crippen molar-refractivity contribution in [3.63, 3.8) is 0 Å². The van der Waals surface area contributed by atoms with Crippen LogP contribution in [0.15, 0.2) is 28.7 Å². The van der Waals surface area contributed by atoms with E-state index in [4.69, 9.17) is 9.15 Å². The summed E-state index contributed by atoms with van der Waals surface area (Å²) < 4.78 is 10.8. The van der Waals surface area contributed by atoms with Crippen molar-refractivity contribution in [1.29, 1.82) is 0 Å². The van der Waals surface area contributed by atoms with Crippen LogP contribution in [-0.4, -0.2) is 15.3 Å². The fraction of sp³-hybridized carbons (Fsp3) is 0.385. The maximum absolute atomic E-state index is 9.88. The van der Waals surface area contributed by atoms with Crippen molar-refractivity contribution in [2.45, 2.75) is 33.0 Å². The number of rotatable bonds is 5. The summed E-state index contributed by atoms with van der Waals surface area (Å²) in [7, 11) is 0. The molecule has 0 aliphatic carbocycles. The van der Waals surface area contributed by atoms with E-state index in [0.717, 1.165) is 5.56 Å². The molecule has 0 aliphatic rings. The average Bonchev–Trinajstić information content (AvgIpc) is 2.81. The van der Waals surface area contributed by atoms with Crippen LogP contribution < -0.4 is 4.74 Å². The lowest BCUT2D eigenvalue weighted by Crippen LogP contribution is -2.02. The second kappa shape index (κ2) is 5.64. The first-order chi connectivity index (χ1) is 8.70. The van der Waals surface area contributed by atoms with Crippen LogP contribution in [0.1, 0.15) is 36.8 Å². The zero-order valence-electron chi connectivity index (χ0n) is 10.5. The normalized spacial score (nSPS) is 12.4. The summed E-state index contributed by atoms with van der Waals surface area (Å²) in [5, 5.41) is 17.5. The molecule has 5 nitrogen and oxygen atoms in total. The third-order valence-electron chi connectivity index (χ3n) is 2.58. The lowest BCUT2D eigenvalue weighted by atomic mass is 10.1. The molecule has 0 radical (unpaired) electrons. The Kier molecular flexibility index (Phi) is 3.94. The molecule has 1 heterocycles. The van der Waals surface area contributed by atoms with E-state index in [9.17, 15) is 5.11 Å². The number of benzene rings is 1. The van der Waals surface area contributed by atoms with Gasteiger partial charge < -0.3 is 14.3 Å². The molecule has 1 N–H and O–H groups in total. The minimum absolute atomic E-state index is 0.203. The predicted molar refractivity (Wildman–Crippen MR) is 65.1 cm³/mol. The highest BCUT2D eigenvalue weighted by atomic mass is 16.5. The summed E-state index contributed by atoms with van der Waals surface area (Å²) in [6.45, 7) is 3.85. The van der Waals surface area contributed by atoms with Crippen molar-refractivity contribution in [3.05, 3.63) is 41.6 Å². The smallest absolute Gasteiger partial charge is 0.253 e. The van der Waals surface area contributed by atoms with Crippen LogP contribution in [0.4, 0.5) is 0 Å².